The highest BCUT2D eigenvalue weighted by Crippen LogP contribution is 2.21. The third-order valence-corrected chi connectivity index (χ3v) is 2.91. The normalized spacial score (nSPS) is 10.8. The maximum Gasteiger partial charge on any atom is 0.203 e. The van der Waals surface area contributed by atoms with Crippen LogP contribution >= 0.6 is 0 Å². The van der Waals surface area contributed by atoms with Crippen LogP contribution in [-0.4, -0.2) is 0 Å². The molecule has 94 valence electrons. The molecule has 0 aliphatic carbocycles. The van der Waals surface area contributed by atoms with Crippen molar-refractivity contribution in [3.8, 4) is 11.1 Å². The van der Waals surface area contributed by atoms with Gasteiger partial charge in [-0.3, -0.25) is 4.79 Å². The maximum absolute atomic E-state index is 13.7. The molecule has 3 rings (SSSR count). The zero-order chi connectivity index (χ0) is 13.4. The highest BCUT2D eigenvalue weighted by molar-refractivity contribution is 5.81. The van der Waals surface area contributed by atoms with E-state index < -0.39 is 17.1 Å². The molecule has 0 unspecified atom stereocenters. The molecule has 0 aliphatic rings. The zero-order valence-electron chi connectivity index (χ0n) is 9.69. The van der Waals surface area contributed by atoms with Gasteiger partial charge in [0, 0.05) is 0 Å². The summed E-state index contributed by atoms with van der Waals surface area (Å²) < 4.78 is 31.8. The van der Waals surface area contributed by atoms with Crippen molar-refractivity contribution in [3.63, 3.8) is 0 Å². The molecule has 2 aromatic carbocycles. The lowest BCUT2D eigenvalue weighted by molar-refractivity contribution is 0.593. The summed E-state index contributed by atoms with van der Waals surface area (Å²) in [5.74, 6) is -1.03. The second kappa shape index (κ2) is 4.31. The summed E-state index contributed by atoms with van der Waals surface area (Å²) in [5.41, 5.74) is 0.416. The van der Waals surface area contributed by atoms with Crippen LogP contribution in [0.15, 0.2) is 57.9 Å². The Kier molecular flexibility index (Phi) is 2.63. The van der Waals surface area contributed by atoms with Crippen LogP contribution in [0.25, 0.3) is 22.1 Å². The van der Waals surface area contributed by atoms with E-state index in [9.17, 15) is 13.6 Å². The second-order valence-electron chi connectivity index (χ2n) is 4.10. The molecule has 0 saturated carbocycles. The molecule has 0 radical (unpaired) electrons. The Morgan fingerprint density at radius 3 is 2.42 bits per heavy atom. The van der Waals surface area contributed by atoms with Crippen molar-refractivity contribution < 1.29 is 13.2 Å². The van der Waals surface area contributed by atoms with Crippen molar-refractivity contribution in [2.75, 3.05) is 0 Å². The third-order valence-electron chi connectivity index (χ3n) is 2.91. The zero-order valence-corrected chi connectivity index (χ0v) is 9.69. The lowest BCUT2D eigenvalue weighted by Gasteiger charge is -2.03. The van der Waals surface area contributed by atoms with E-state index in [0.717, 1.165) is 0 Å². The fourth-order valence-corrected chi connectivity index (χ4v) is 1.96. The van der Waals surface area contributed by atoms with Gasteiger partial charge in [-0.2, -0.15) is 0 Å². The Labute approximate surface area is 106 Å². The van der Waals surface area contributed by atoms with E-state index in [-0.39, 0.29) is 16.5 Å². The molecule has 0 spiro atoms. The molecule has 0 bridgehead atoms. The van der Waals surface area contributed by atoms with Crippen LogP contribution in [0.2, 0.25) is 0 Å². The fourth-order valence-electron chi connectivity index (χ4n) is 1.96. The number of hydrogen-bond donors (Lipinski definition) is 0. The molecule has 0 amide bonds. The Morgan fingerprint density at radius 2 is 1.68 bits per heavy atom. The minimum atomic E-state index is -0.629. The van der Waals surface area contributed by atoms with Gasteiger partial charge >= 0.3 is 0 Å². The summed E-state index contributed by atoms with van der Waals surface area (Å²) in [7, 11) is 0. The van der Waals surface area contributed by atoms with E-state index in [1.807, 2.05) is 0 Å². The van der Waals surface area contributed by atoms with Crippen molar-refractivity contribution in [3.05, 3.63) is 70.6 Å². The monoisotopic (exact) mass is 258 g/mol. The molecule has 2 nitrogen and oxygen atoms in total. The first-order chi connectivity index (χ1) is 9.16. The molecule has 0 saturated heterocycles. The molecule has 0 atom stereocenters. The molecule has 0 N–H and O–H groups in total. The Bertz CT molecular complexity index is 804. The number of fused-ring (bicyclic) bond motifs is 1. The largest absolute Gasteiger partial charge is 0.463 e. The van der Waals surface area contributed by atoms with Crippen molar-refractivity contribution in [1.29, 1.82) is 0 Å². The first-order valence-corrected chi connectivity index (χ1v) is 5.63. The average molecular weight is 258 g/mol. The smallest absolute Gasteiger partial charge is 0.203 e. The highest BCUT2D eigenvalue weighted by Gasteiger charge is 2.12. The SMILES string of the molecule is O=c1c(-c2ccc(F)cc2)coc2cccc(F)c12. The first kappa shape index (κ1) is 11.6. The number of benzene rings is 2. The Hall–Kier alpha value is -2.49. The topological polar surface area (TPSA) is 30.2 Å². The van der Waals surface area contributed by atoms with Gasteiger partial charge in [-0.15, -0.1) is 0 Å². The molecular weight excluding hydrogens is 250 g/mol. The average Bonchev–Trinajstić information content (AvgIpc) is 2.40. The summed E-state index contributed by atoms with van der Waals surface area (Å²) in [6.07, 6.45) is 1.26. The molecule has 0 fully saturated rings. The minimum Gasteiger partial charge on any atom is -0.463 e. The Morgan fingerprint density at radius 1 is 0.947 bits per heavy atom. The summed E-state index contributed by atoms with van der Waals surface area (Å²) in [4.78, 5) is 12.2. The lowest BCUT2D eigenvalue weighted by atomic mass is 10.1. The van der Waals surface area contributed by atoms with Crippen LogP contribution in [0, 0.1) is 11.6 Å². The van der Waals surface area contributed by atoms with Gasteiger partial charge < -0.3 is 4.42 Å². The predicted molar refractivity (Wildman–Crippen MR) is 67.8 cm³/mol. The van der Waals surface area contributed by atoms with Gasteiger partial charge in [-0.05, 0) is 29.8 Å². The third kappa shape index (κ3) is 1.91. The highest BCUT2D eigenvalue weighted by atomic mass is 19.1. The standard InChI is InChI=1S/C15H8F2O2/c16-10-6-4-9(5-7-10)11-8-19-13-3-1-2-12(17)14(13)15(11)18/h1-8H. The maximum atomic E-state index is 13.7. The van der Waals surface area contributed by atoms with Gasteiger partial charge in [0.25, 0.3) is 0 Å². The van der Waals surface area contributed by atoms with Gasteiger partial charge in [0.2, 0.25) is 5.43 Å². The number of rotatable bonds is 1. The molecule has 3 aromatic rings. The summed E-state index contributed by atoms with van der Waals surface area (Å²) in [6, 6.07) is 9.57. The van der Waals surface area contributed by atoms with Crippen LogP contribution in [0.1, 0.15) is 0 Å². The Balaban J connectivity index is 2.32. The van der Waals surface area contributed by atoms with E-state index in [1.54, 1.807) is 0 Å². The van der Waals surface area contributed by atoms with Gasteiger partial charge in [0.15, 0.2) is 0 Å². The van der Waals surface area contributed by atoms with Crippen LogP contribution in [0.3, 0.4) is 0 Å². The van der Waals surface area contributed by atoms with E-state index in [1.165, 1.54) is 48.7 Å². The fraction of sp³-hybridized carbons (Fsp3) is 0. The van der Waals surface area contributed by atoms with Gasteiger partial charge in [-0.25, -0.2) is 8.78 Å². The van der Waals surface area contributed by atoms with Crippen molar-refractivity contribution in [2.45, 2.75) is 0 Å². The number of halogens is 2. The van der Waals surface area contributed by atoms with E-state index in [2.05, 4.69) is 0 Å². The van der Waals surface area contributed by atoms with Crippen LogP contribution in [-0.2, 0) is 0 Å². The summed E-state index contributed by atoms with van der Waals surface area (Å²) >= 11 is 0. The first-order valence-electron chi connectivity index (χ1n) is 5.63. The van der Waals surface area contributed by atoms with Gasteiger partial charge in [0.05, 0.1) is 5.56 Å². The van der Waals surface area contributed by atoms with Crippen molar-refractivity contribution in [2.24, 2.45) is 0 Å². The molecule has 0 aliphatic heterocycles. The quantitative estimate of drug-likeness (QED) is 0.665. The lowest BCUT2D eigenvalue weighted by Crippen LogP contribution is -2.06. The summed E-state index contributed by atoms with van der Waals surface area (Å²) in [5, 5.41) is -0.0932. The van der Waals surface area contributed by atoms with E-state index in [4.69, 9.17) is 4.42 Å². The van der Waals surface area contributed by atoms with E-state index in [0.29, 0.717) is 5.56 Å². The van der Waals surface area contributed by atoms with E-state index >= 15 is 0 Å². The van der Waals surface area contributed by atoms with Gasteiger partial charge in [0.1, 0.15) is 28.9 Å². The molecule has 19 heavy (non-hydrogen) atoms. The second-order valence-corrected chi connectivity index (χ2v) is 4.10. The van der Waals surface area contributed by atoms with Crippen molar-refractivity contribution >= 4 is 11.0 Å². The molecule has 1 heterocycles. The summed E-state index contributed by atoms with van der Waals surface area (Å²) in [6.45, 7) is 0. The van der Waals surface area contributed by atoms with Crippen LogP contribution in [0.4, 0.5) is 8.78 Å². The van der Waals surface area contributed by atoms with Crippen LogP contribution in [0.5, 0.6) is 0 Å². The minimum absolute atomic E-state index is 0.0932. The molecule has 1 aromatic heterocycles. The van der Waals surface area contributed by atoms with Crippen LogP contribution < -0.4 is 5.43 Å². The van der Waals surface area contributed by atoms with Crippen molar-refractivity contribution in [1.82, 2.24) is 0 Å². The van der Waals surface area contributed by atoms with Gasteiger partial charge in [-0.1, -0.05) is 18.2 Å². The predicted octanol–water partition coefficient (Wildman–Crippen LogP) is 3.74. The molecule has 4 heteroatoms. The molecular formula is C15H8F2O2. The number of hydrogen-bond acceptors (Lipinski definition) is 2.